The van der Waals surface area contributed by atoms with Crippen LogP contribution in [0.25, 0.3) is 0 Å². The molecule has 1 aliphatic rings. The summed E-state index contributed by atoms with van der Waals surface area (Å²) in [6, 6.07) is 0.498. The minimum absolute atomic E-state index is 0.144. The van der Waals surface area contributed by atoms with Gasteiger partial charge in [-0.2, -0.15) is 0 Å². The predicted octanol–water partition coefficient (Wildman–Crippen LogP) is 2.41. The van der Waals surface area contributed by atoms with Crippen molar-refractivity contribution in [2.75, 3.05) is 29.9 Å². The van der Waals surface area contributed by atoms with Crippen molar-refractivity contribution in [1.82, 2.24) is 9.97 Å². The van der Waals surface area contributed by atoms with Gasteiger partial charge in [0, 0.05) is 19.1 Å². The van der Waals surface area contributed by atoms with Gasteiger partial charge in [0.1, 0.15) is 22.4 Å². The molecule has 2 N–H and O–H groups in total. The van der Waals surface area contributed by atoms with Gasteiger partial charge < -0.3 is 15.3 Å². The first-order valence-electron chi connectivity index (χ1n) is 6.89. The lowest BCUT2D eigenvalue weighted by Crippen LogP contribution is -2.42. The van der Waals surface area contributed by atoms with Crippen molar-refractivity contribution < 1.29 is 5.11 Å². The molecule has 1 heterocycles. The molecule has 1 saturated carbocycles. The first-order chi connectivity index (χ1) is 9.27. The van der Waals surface area contributed by atoms with Gasteiger partial charge in [-0.25, -0.2) is 9.97 Å². The van der Waals surface area contributed by atoms with E-state index >= 15 is 0 Å². The maximum absolute atomic E-state index is 9.25. The standard InChI is InChI=1S/C13H21BrN4O/c1-2-6-15-12-11(14)13(17-9-16-12)18(7-8-19)10-4-3-5-10/h9-10,19H,2-8H2,1H3,(H,15,16,17). The number of hydrogen-bond acceptors (Lipinski definition) is 5. The summed E-state index contributed by atoms with van der Waals surface area (Å²) in [5.74, 6) is 1.71. The number of nitrogens with zero attached hydrogens (tertiary/aromatic N) is 3. The highest BCUT2D eigenvalue weighted by molar-refractivity contribution is 9.10. The number of hydrogen-bond donors (Lipinski definition) is 2. The topological polar surface area (TPSA) is 61.3 Å². The van der Waals surface area contributed by atoms with E-state index in [-0.39, 0.29) is 6.61 Å². The Balaban J connectivity index is 2.20. The molecule has 2 rings (SSSR count). The molecule has 0 spiro atoms. The van der Waals surface area contributed by atoms with E-state index in [1.165, 1.54) is 19.3 Å². The number of nitrogens with one attached hydrogen (secondary N) is 1. The fourth-order valence-electron chi connectivity index (χ4n) is 2.19. The van der Waals surface area contributed by atoms with Crippen LogP contribution in [0, 0.1) is 0 Å². The number of rotatable bonds is 7. The largest absolute Gasteiger partial charge is 0.395 e. The molecule has 1 aromatic heterocycles. The SMILES string of the molecule is CCCNc1ncnc(N(CCO)C2CCC2)c1Br. The van der Waals surface area contributed by atoms with Crippen LogP contribution in [0.4, 0.5) is 11.6 Å². The summed E-state index contributed by atoms with van der Waals surface area (Å²) in [7, 11) is 0. The van der Waals surface area contributed by atoms with E-state index in [4.69, 9.17) is 0 Å². The first kappa shape index (κ1) is 14.5. The quantitative estimate of drug-likeness (QED) is 0.804. The van der Waals surface area contributed by atoms with Crippen LogP contribution in [0.2, 0.25) is 0 Å². The summed E-state index contributed by atoms with van der Waals surface area (Å²) in [6.07, 6.45) is 6.24. The lowest BCUT2D eigenvalue weighted by molar-refractivity contribution is 0.283. The van der Waals surface area contributed by atoms with E-state index in [0.29, 0.717) is 12.6 Å². The third-order valence-electron chi connectivity index (χ3n) is 3.44. The van der Waals surface area contributed by atoms with Gasteiger partial charge in [0.05, 0.1) is 6.61 Å². The van der Waals surface area contributed by atoms with Crippen LogP contribution in [0.15, 0.2) is 10.8 Å². The van der Waals surface area contributed by atoms with E-state index in [1.54, 1.807) is 6.33 Å². The van der Waals surface area contributed by atoms with Crippen molar-refractivity contribution in [2.45, 2.75) is 38.6 Å². The summed E-state index contributed by atoms with van der Waals surface area (Å²) >= 11 is 3.59. The molecule has 0 unspecified atom stereocenters. The molecule has 0 atom stereocenters. The van der Waals surface area contributed by atoms with Crippen molar-refractivity contribution in [2.24, 2.45) is 0 Å². The second kappa shape index (κ2) is 7.05. The lowest BCUT2D eigenvalue weighted by atomic mass is 9.91. The monoisotopic (exact) mass is 328 g/mol. The van der Waals surface area contributed by atoms with Crippen molar-refractivity contribution in [1.29, 1.82) is 0 Å². The summed E-state index contributed by atoms with van der Waals surface area (Å²) in [6.45, 7) is 3.77. The van der Waals surface area contributed by atoms with Gasteiger partial charge in [-0.3, -0.25) is 0 Å². The fraction of sp³-hybridized carbons (Fsp3) is 0.692. The Morgan fingerprint density at radius 2 is 2.26 bits per heavy atom. The number of aliphatic hydroxyl groups excluding tert-OH is 1. The van der Waals surface area contributed by atoms with E-state index in [9.17, 15) is 5.11 Å². The van der Waals surface area contributed by atoms with Crippen LogP contribution in [-0.2, 0) is 0 Å². The van der Waals surface area contributed by atoms with Gasteiger partial charge in [0.25, 0.3) is 0 Å². The Hall–Kier alpha value is -0.880. The predicted molar refractivity (Wildman–Crippen MR) is 80.6 cm³/mol. The second-order valence-electron chi connectivity index (χ2n) is 4.79. The minimum Gasteiger partial charge on any atom is -0.395 e. The van der Waals surface area contributed by atoms with Crippen LogP contribution >= 0.6 is 15.9 Å². The van der Waals surface area contributed by atoms with Crippen molar-refractivity contribution in [3.05, 3.63) is 10.8 Å². The number of anilines is 2. The molecule has 0 aliphatic heterocycles. The molecular formula is C13H21BrN4O. The maximum atomic E-state index is 9.25. The van der Waals surface area contributed by atoms with E-state index in [1.807, 2.05) is 0 Å². The lowest BCUT2D eigenvalue weighted by Gasteiger charge is -2.38. The molecule has 1 fully saturated rings. The summed E-state index contributed by atoms with van der Waals surface area (Å²) in [5.41, 5.74) is 0. The smallest absolute Gasteiger partial charge is 0.148 e. The summed E-state index contributed by atoms with van der Waals surface area (Å²) in [4.78, 5) is 10.8. The summed E-state index contributed by atoms with van der Waals surface area (Å²) < 4.78 is 0.892. The van der Waals surface area contributed by atoms with Crippen molar-refractivity contribution in [3.8, 4) is 0 Å². The molecule has 19 heavy (non-hydrogen) atoms. The van der Waals surface area contributed by atoms with Crippen LogP contribution in [0.3, 0.4) is 0 Å². The molecule has 0 radical (unpaired) electrons. The Morgan fingerprint density at radius 1 is 1.47 bits per heavy atom. The Kier molecular flexibility index (Phi) is 5.39. The van der Waals surface area contributed by atoms with E-state index in [0.717, 1.165) is 29.1 Å². The average molecular weight is 329 g/mol. The van der Waals surface area contributed by atoms with Gasteiger partial charge >= 0.3 is 0 Å². The van der Waals surface area contributed by atoms with Crippen molar-refractivity contribution in [3.63, 3.8) is 0 Å². The highest BCUT2D eigenvalue weighted by atomic mass is 79.9. The number of halogens is 1. The van der Waals surface area contributed by atoms with Crippen LogP contribution in [0.1, 0.15) is 32.6 Å². The van der Waals surface area contributed by atoms with Crippen LogP contribution in [-0.4, -0.2) is 40.8 Å². The van der Waals surface area contributed by atoms with Gasteiger partial charge in [-0.05, 0) is 41.6 Å². The third kappa shape index (κ3) is 3.36. The normalized spacial score (nSPS) is 15.1. The minimum atomic E-state index is 0.144. The first-order valence-corrected chi connectivity index (χ1v) is 7.69. The van der Waals surface area contributed by atoms with Gasteiger partial charge in [0.2, 0.25) is 0 Å². The van der Waals surface area contributed by atoms with E-state index in [2.05, 4.69) is 43.0 Å². The second-order valence-corrected chi connectivity index (χ2v) is 5.58. The molecule has 0 amide bonds. The zero-order chi connectivity index (χ0) is 13.7. The van der Waals surface area contributed by atoms with E-state index < -0.39 is 0 Å². The Bertz CT molecular complexity index is 412. The fourth-order valence-corrected chi connectivity index (χ4v) is 2.77. The highest BCUT2D eigenvalue weighted by Crippen LogP contribution is 2.35. The average Bonchev–Trinajstić information content (AvgIpc) is 2.35. The summed E-state index contributed by atoms with van der Waals surface area (Å²) in [5, 5.41) is 12.5. The number of aliphatic hydroxyl groups is 1. The Morgan fingerprint density at radius 3 is 2.84 bits per heavy atom. The van der Waals surface area contributed by atoms with Gasteiger partial charge in [-0.15, -0.1) is 0 Å². The highest BCUT2D eigenvalue weighted by Gasteiger charge is 2.27. The van der Waals surface area contributed by atoms with Gasteiger partial charge in [-0.1, -0.05) is 6.92 Å². The van der Waals surface area contributed by atoms with Crippen LogP contribution < -0.4 is 10.2 Å². The molecule has 0 saturated heterocycles. The maximum Gasteiger partial charge on any atom is 0.148 e. The van der Waals surface area contributed by atoms with Gasteiger partial charge in [0.15, 0.2) is 0 Å². The molecule has 1 aromatic rings. The molecule has 0 aromatic carbocycles. The molecule has 106 valence electrons. The zero-order valence-corrected chi connectivity index (χ0v) is 12.9. The molecule has 1 aliphatic carbocycles. The zero-order valence-electron chi connectivity index (χ0n) is 11.3. The molecule has 5 nitrogen and oxygen atoms in total. The number of aromatic nitrogens is 2. The third-order valence-corrected chi connectivity index (χ3v) is 4.17. The molecular weight excluding hydrogens is 308 g/mol. The Labute approximate surface area is 122 Å². The van der Waals surface area contributed by atoms with Crippen molar-refractivity contribution >= 4 is 27.6 Å². The van der Waals surface area contributed by atoms with Crippen LogP contribution in [0.5, 0.6) is 0 Å². The molecule has 0 bridgehead atoms. The molecule has 6 heteroatoms.